The average molecular weight is 293 g/mol. The van der Waals surface area contributed by atoms with Crippen LogP contribution in [0.25, 0.3) is 0 Å². The monoisotopic (exact) mass is 293 g/mol. The van der Waals surface area contributed by atoms with Crippen molar-refractivity contribution < 1.29 is 9.15 Å². The van der Waals surface area contributed by atoms with Gasteiger partial charge < -0.3 is 14.5 Å². The lowest BCUT2D eigenvalue weighted by Gasteiger charge is -2.34. The van der Waals surface area contributed by atoms with Gasteiger partial charge in [0.2, 0.25) is 0 Å². The van der Waals surface area contributed by atoms with Gasteiger partial charge in [0.15, 0.2) is 0 Å². The molecule has 0 atom stereocenters. The van der Waals surface area contributed by atoms with E-state index in [1.54, 1.807) is 6.26 Å². The first-order valence-electron chi connectivity index (χ1n) is 8.34. The first-order valence-corrected chi connectivity index (χ1v) is 8.34. The van der Waals surface area contributed by atoms with E-state index in [1.165, 1.54) is 31.2 Å². The molecule has 1 aromatic rings. The molecule has 21 heavy (non-hydrogen) atoms. The molecule has 0 unspecified atom stereocenters. The fourth-order valence-electron chi connectivity index (χ4n) is 2.87. The summed E-state index contributed by atoms with van der Waals surface area (Å²) in [6, 6.07) is 2.04. The molecule has 1 fully saturated rings. The van der Waals surface area contributed by atoms with Gasteiger partial charge >= 0.3 is 0 Å². The zero-order valence-corrected chi connectivity index (χ0v) is 14.1. The van der Waals surface area contributed by atoms with Crippen molar-refractivity contribution >= 4 is 0 Å². The Balaban J connectivity index is 1.75. The second kappa shape index (κ2) is 7.46. The molecule has 0 bridgehead atoms. The van der Waals surface area contributed by atoms with E-state index in [4.69, 9.17) is 9.15 Å². The fourth-order valence-corrected chi connectivity index (χ4v) is 2.87. The van der Waals surface area contributed by atoms with Crippen molar-refractivity contribution in [3.05, 3.63) is 23.7 Å². The Bertz CT molecular complexity index is 413. The van der Waals surface area contributed by atoms with Crippen LogP contribution in [0.2, 0.25) is 0 Å². The first kappa shape index (κ1) is 16.6. The van der Waals surface area contributed by atoms with E-state index in [0.717, 1.165) is 18.8 Å². The molecule has 0 radical (unpaired) electrons. The Kier molecular flexibility index (Phi) is 5.88. The Morgan fingerprint density at radius 2 is 2.05 bits per heavy atom. The zero-order valence-electron chi connectivity index (χ0n) is 14.1. The topological polar surface area (TPSA) is 34.4 Å². The maximum absolute atomic E-state index is 6.10. The highest BCUT2D eigenvalue weighted by Crippen LogP contribution is 2.36. The molecular weight excluding hydrogens is 262 g/mol. The molecule has 1 N–H and O–H groups in total. The smallest absolute Gasteiger partial charge is 0.123 e. The summed E-state index contributed by atoms with van der Waals surface area (Å²) >= 11 is 0. The summed E-state index contributed by atoms with van der Waals surface area (Å²) in [5.74, 6) is 1.68. The van der Waals surface area contributed by atoms with Gasteiger partial charge in [0.1, 0.15) is 5.76 Å². The van der Waals surface area contributed by atoms with Crippen molar-refractivity contribution in [3.8, 4) is 0 Å². The molecule has 0 spiro atoms. The second-order valence-corrected chi connectivity index (χ2v) is 7.57. The van der Waals surface area contributed by atoms with Crippen LogP contribution in [0.1, 0.15) is 64.7 Å². The molecule has 1 heterocycles. The molecule has 1 aliphatic rings. The number of ether oxygens (including phenoxy) is 1. The van der Waals surface area contributed by atoms with E-state index >= 15 is 0 Å². The molecule has 3 nitrogen and oxygen atoms in total. The first-order chi connectivity index (χ1) is 9.96. The predicted octanol–water partition coefficient (Wildman–Crippen LogP) is 4.51. The number of furan rings is 1. The molecule has 0 aromatic carbocycles. The van der Waals surface area contributed by atoms with Gasteiger partial charge in [-0.15, -0.1) is 0 Å². The van der Waals surface area contributed by atoms with Crippen molar-refractivity contribution in [3.63, 3.8) is 0 Å². The van der Waals surface area contributed by atoms with Gasteiger partial charge in [-0.1, -0.05) is 27.7 Å². The largest absolute Gasteiger partial charge is 0.468 e. The van der Waals surface area contributed by atoms with Crippen LogP contribution in [0.3, 0.4) is 0 Å². The molecule has 3 heteroatoms. The van der Waals surface area contributed by atoms with Crippen molar-refractivity contribution in [2.75, 3.05) is 6.54 Å². The van der Waals surface area contributed by atoms with Gasteiger partial charge in [-0.05, 0) is 49.6 Å². The minimum absolute atomic E-state index is 0.421. The number of hydrogen-bond acceptors (Lipinski definition) is 3. The summed E-state index contributed by atoms with van der Waals surface area (Å²) < 4.78 is 11.7. The van der Waals surface area contributed by atoms with Gasteiger partial charge in [-0.25, -0.2) is 0 Å². The van der Waals surface area contributed by atoms with Gasteiger partial charge in [-0.2, -0.15) is 0 Å². The van der Waals surface area contributed by atoms with Crippen molar-refractivity contribution in [2.24, 2.45) is 11.3 Å². The SMILES string of the molecule is CC(C)CNCc1occc1COC1CCC(C)(C)CC1. The molecule has 1 saturated carbocycles. The lowest BCUT2D eigenvalue weighted by Crippen LogP contribution is -2.26. The standard InChI is InChI=1S/C18H31NO2/c1-14(2)11-19-12-17-15(7-10-20-17)13-21-16-5-8-18(3,4)9-6-16/h7,10,14,16,19H,5-6,8-9,11-13H2,1-4H3. The maximum atomic E-state index is 6.10. The molecule has 2 rings (SSSR count). The maximum Gasteiger partial charge on any atom is 0.123 e. The van der Waals surface area contributed by atoms with Crippen LogP contribution >= 0.6 is 0 Å². The van der Waals surface area contributed by atoms with Crippen LogP contribution in [0, 0.1) is 11.3 Å². The van der Waals surface area contributed by atoms with Crippen molar-refractivity contribution in [2.45, 2.75) is 72.6 Å². The zero-order chi connectivity index (χ0) is 15.3. The van der Waals surface area contributed by atoms with Gasteiger partial charge in [0.25, 0.3) is 0 Å². The van der Waals surface area contributed by atoms with E-state index in [-0.39, 0.29) is 0 Å². The number of hydrogen-bond donors (Lipinski definition) is 1. The summed E-state index contributed by atoms with van der Waals surface area (Å²) in [4.78, 5) is 0. The van der Waals surface area contributed by atoms with Crippen LogP contribution < -0.4 is 5.32 Å². The summed E-state index contributed by atoms with van der Waals surface area (Å²) in [6.07, 6.45) is 7.11. The van der Waals surface area contributed by atoms with Crippen LogP contribution in [0.4, 0.5) is 0 Å². The number of nitrogens with one attached hydrogen (secondary N) is 1. The fraction of sp³-hybridized carbons (Fsp3) is 0.778. The third-order valence-corrected chi connectivity index (χ3v) is 4.44. The summed E-state index contributed by atoms with van der Waals surface area (Å²) in [7, 11) is 0. The summed E-state index contributed by atoms with van der Waals surface area (Å²) in [6.45, 7) is 11.6. The minimum Gasteiger partial charge on any atom is -0.468 e. The van der Waals surface area contributed by atoms with E-state index in [1.807, 2.05) is 6.07 Å². The van der Waals surface area contributed by atoms with E-state index < -0.39 is 0 Å². The average Bonchev–Trinajstić information content (AvgIpc) is 2.85. The van der Waals surface area contributed by atoms with Gasteiger partial charge in [0, 0.05) is 5.56 Å². The highest BCUT2D eigenvalue weighted by molar-refractivity contribution is 5.15. The highest BCUT2D eigenvalue weighted by Gasteiger charge is 2.27. The molecule has 1 aliphatic carbocycles. The van der Waals surface area contributed by atoms with Crippen LogP contribution in [0.15, 0.2) is 16.7 Å². The van der Waals surface area contributed by atoms with E-state index in [2.05, 4.69) is 33.0 Å². The Labute approximate surface area is 129 Å². The number of rotatable bonds is 7. The third-order valence-electron chi connectivity index (χ3n) is 4.44. The lowest BCUT2D eigenvalue weighted by atomic mass is 9.76. The highest BCUT2D eigenvalue weighted by atomic mass is 16.5. The van der Waals surface area contributed by atoms with Crippen molar-refractivity contribution in [1.82, 2.24) is 5.32 Å². The Morgan fingerprint density at radius 1 is 1.33 bits per heavy atom. The second-order valence-electron chi connectivity index (χ2n) is 7.57. The molecular formula is C18H31NO2. The summed E-state index contributed by atoms with van der Waals surface area (Å²) in [5, 5.41) is 3.43. The summed E-state index contributed by atoms with van der Waals surface area (Å²) in [5.41, 5.74) is 1.69. The third kappa shape index (κ3) is 5.48. The Morgan fingerprint density at radius 3 is 2.71 bits per heavy atom. The van der Waals surface area contributed by atoms with Gasteiger partial charge in [-0.3, -0.25) is 0 Å². The molecule has 1 aromatic heterocycles. The molecule has 0 aliphatic heterocycles. The predicted molar refractivity (Wildman–Crippen MR) is 86.1 cm³/mol. The molecule has 120 valence electrons. The van der Waals surface area contributed by atoms with Crippen molar-refractivity contribution in [1.29, 1.82) is 0 Å². The lowest BCUT2D eigenvalue weighted by molar-refractivity contribution is -0.00612. The van der Waals surface area contributed by atoms with Crippen LogP contribution in [0.5, 0.6) is 0 Å². The van der Waals surface area contributed by atoms with E-state index in [9.17, 15) is 0 Å². The Hall–Kier alpha value is -0.800. The normalized spacial score (nSPS) is 19.3. The van der Waals surface area contributed by atoms with E-state index in [0.29, 0.717) is 24.0 Å². The van der Waals surface area contributed by atoms with Crippen LogP contribution in [-0.4, -0.2) is 12.6 Å². The molecule has 0 amide bonds. The minimum atomic E-state index is 0.421. The quantitative estimate of drug-likeness (QED) is 0.803. The molecule has 0 saturated heterocycles. The van der Waals surface area contributed by atoms with Gasteiger partial charge in [0.05, 0.1) is 25.5 Å². The van der Waals surface area contributed by atoms with Crippen LogP contribution in [-0.2, 0) is 17.9 Å².